The number of hydrogen-bond acceptors (Lipinski definition) is 5. The van der Waals surface area contributed by atoms with Crippen molar-refractivity contribution in [2.45, 2.75) is 12.8 Å². The molecule has 124 valence electrons. The Morgan fingerprint density at radius 3 is 2.74 bits per heavy atom. The van der Waals surface area contributed by atoms with Gasteiger partial charge >= 0.3 is 0 Å². The lowest BCUT2D eigenvalue weighted by atomic mass is 10.2. The van der Waals surface area contributed by atoms with Crippen LogP contribution in [0.5, 0.6) is 11.5 Å². The zero-order valence-corrected chi connectivity index (χ0v) is 15.5. The molecule has 0 N–H and O–H groups in total. The average molecular weight is 401 g/mol. The fraction of sp³-hybridized carbons (Fsp3) is 0.375. The second-order valence-corrected chi connectivity index (χ2v) is 5.95. The number of unbranched alkanes of at least 4 members (excludes halogenated alkanes) is 1. The van der Waals surface area contributed by atoms with E-state index in [0.717, 1.165) is 23.9 Å². The molecule has 2 rings (SSSR count). The van der Waals surface area contributed by atoms with Gasteiger partial charge in [-0.1, -0.05) is 15.9 Å². The molecule has 0 amide bonds. The van der Waals surface area contributed by atoms with Gasteiger partial charge in [-0.3, -0.25) is 0 Å². The summed E-state index contributed by atoms with van der Waals surface area (Å²) in [6.45, 7) is 0.647. The molecule has 1 aromatic carbocycles. The van der Waals surface area contributed by atoms with E-state index in [1.807, 2.05) is 30.1 Å². The molecule has 2 aromatic rings. The summed E-state index contributed by atoms with van der Waals surface area (Å²) in [5.74, 6) is 2.13. The first-order chi connectivity index (χ1) is 11.2. The first-order valence-corrected chi connectivity index (χ1v) is 8.74. The van der Waals surface area contributed by atoms with E-state index < -0.39 is 0 Å². The Bertz CT molecular complexity index is 642. The lowest BCUT2D eigenvalue weighted by Gasteiger charge is -2.20. The van der Waals surface area contributed by atoms with Crippen molar-refractivity contribution in [2.24, 2.45) is 0 Å². The summed E-state index contributed by atoms with van der Waals surface area (Å²) in [6, 6.07) is 7.56. The number of ether oxygens (including phenoxy) is 2. The van der Waals surface area contributed by atoms with E-state index in [4.69, 9.17) is 21.1 Å². The predicted octanol–water partition coefficient (Wildman–Crippen LogP) is 4.46. The molecule has 0 unspecified atom stereocenters. The zero-order valence-electron chi connectivity index (χ0n) is 13.1. The van der Waals surface area contributed by atoms with Crippen LogP contribution >= 0.6 is 27.5 Å². The lowest BCUT2D eigenvalue weighted by molar-refractivity contribution is 0.289. The fourth-order valence-corrected chi connectivity index (χ4v) is 2.55. The number of benzene rings is 1. The molecule has 1 aromatic heterocycles. The quantitative estimate of drug-likeness (QED) is 0.372. The Kier molecular flexibility index (Phi) is 6.92. The average Bonchev–Trinajstić information content (AvgIpc) is 2.58. The van der Waals surface area contributed by atoms with Crippen LogP contribution < -0.4 is 14.4 Å². The predicted molar refractivity (Wildman–Crippen MR) is 96.6 cm³/mol. The number of halogens is 2. The third kappa shape index (κ3) is 4.97. The number of aromatic nitrogens is 2. The number of methoxy groups -OCH3 is 1. The fourth-order valence-electron chi connectivity index (χ4n) is 2.01. The van der Waals surface area contributed by atoms with Gasteiger partial charge in [-0.15, -0.1) is 0 Å². The van der Waals surface area contributed by atoms with Crippen LogP contribution in [0.15, 0.2) is 30.5 Å². The standard InChI is InChI=1S/C16H19BrClN3O2/c1-21(15-7-9-19-16(18)20-15)12-5-6-13(22-2)14(11-12)23-10-4-3-8-17/h5-7,9,11H,3-4,8,10H2,1-2H3. The maximum atomic E-state index is 5.86. The van der Waals surface area contributed by atoms with Crippen LogP contribution in [-0.2, 0) is 0 Å². The van der Waals surface area contributed by atoms with Crippen molar-refractivity contribution < 1.29 is 9.47 Å². The van der Waals surface area contributed by atoms with E-state index in [9.17, 15) is 0 Å². The molecule has 0 bridgehead atoms. The molecule has 0 saturated carbocycles. The van der Waals surface area contributed by atoms with E-state index in [1.54, 1.807) is 19.4 Å². The molecule has 0 atom stereocenters. The van der Waals surface area contributed by atoms with Crippen LogP contribution in [0.2, 0.25) is 5.28 Å². The highest BCUT2D eigenvalue weighted by Gasteiger charge is 2.11. The van der Waals surface area contributed by atoms with Crippen molar-refractivity contribution in [2.75, 3.05) is 31.0 Å². The second-order valence-electron chi connectivity index (χ2n) is 4.82. The van der Waals surface area contributed by atoms with Gasteiger partial charge in [-0.2, -0.15) is 0 Å². The van der Waals surface area contributed by atoms with Gasteiger partial charge in [0.15, 0.2) is 11.5 Å². The van der Waals surface area contributed by atoms with Gasteiger partial charge in [0.25, 0.3) is 0 Å². The summed E-state index contributed by atoms with van der Waals surface area (Å²) >= 11 is 9.27. The monoisotopic (exact) mass is 399 g/mol. The van der Waals surface area contributed by atoms with Crippen LogP contribution in [-0.4, -0.2) is 36.1 Å². The smallest absolute Gasteiger partial charge is 0.224 e. The highest BCUT2D eigenvalue weighted by Crippen LogP contribution is 2.33. The molecule has 0 fully saturated rings. The van der Waals surface area contributed by atoms with Crippen molar-refractivity contribution in [1.82, 2.24) is 9.97 Å². The molecule has 0 radical (unpaired) electrons. The van der Waals surface area contributed by atoms with E-state index in [0.29, 0.717) is 23.9 Å². The Morgan fingerprint density at radius 2 is 2.04 bits per heavy atom. The number of anilines is 2. The highest BCUT2D eigenvalue weighted by molar-refractivity contribution is 9.09. The third-order valence-electron chi connectivity index (χ3n) is 3.28. The molecular weight excluding hydrogens is 382 g/mol. The second kappa shape index (κ2) is 8.93. The van der Waals surface area contributed by atoms with Crippen molar-refractivity contribution in [3.8, 4) is 11.5 Å². The molecule has 5 nitrogen and oxygen atoms in total. The first kappa shape index (κ1) is 17.8. The van der Waals surface area contributed by atoms with Crippen LogP contribution in [0.3, 0.4) is 0 Å². The Labute approximate surface area is 149 Å². The Morgan fingerprint density at radius 1 is 1.22 bits per heavy atom. The maximum Gasteiger partial charge on any atom is 0.224 e. The van der Waals surface area contributed by atoms with Gasteiger partial charge in [0.05, 0.1) is 13.7 Å². The van der Waals surface area contributed by atoms with E-state index in [1.165, 1.54) is 0 Å². The van der Waals surface area contributed by atoms with Gasteiger partial charge in [0.1, 0.15) is 5.82 Å². The molecule has 0 saturated heterocycles. The summed E-state index contributed by atoms with van der Waals surface area (Å²) in [7, 11) is 3.54. The summed E-state index contributed by atoms with van der Waals surface area (Å²) in [4.78, 5) is 10.0. The van der Waals surface area contributed by atoms with Gasteiger partial charge in [0.2, 0.25) is 5.28 Å². The first-order valence-electron chi connectivity index (χ1n) is 7.24. The van der Waals surface area contributed by atoms with Crippen molar-refractivity contribution in [3.63, 3.8) is 0 Å². The summed E-state index contributed by atoms with van der Waals surface area (Å²) < 4.78 is 11.2. The van der Waals surface area contributed by atoms with Gasteiger partial charge < -0.3 is 14.4 Å². The van der Waals surface area contributed by atoms with Crippen LogP contribution in [0.4, 0.5) is 11.5 Å². The minimum atomic E-state index is 0.217. The van der Waals surface area contributed by atoms with E-state index in [-0.39, 0.29) is 5.28 Å². The minimum Gasteiger partial charge on any atom is -0.493 e. The summed E-state index contributed by atoms with van der Waals surface area (Å²) in [5, 5.41) is 1.19. The normalized spacial score (nSPS) is 10.4. The lowest BCUT2D eigenvalue weighted by Crippen LogP contribution is -2.12. The van der Waals surface area contributed by atoms with E-state index >= 15 is 0 Å². The zero-order chi connectivity index (χ0) is 16.7. The molecule has 0 aliphatic carbocycles. The Hall–Kier alpha value is -1.53. The minimum absolute atomic E-state index is 0.217. The molecule has 0 aliphatic rings. The molecule has 1 heterocycles. The molecule has 7 heteroatoms. The maximum absolute atomic E-state index is 5.86. The number of alkyl halides is 1. The number of hydrogen-bond donors (Lipinski definition) is 0. The summed E-state index contributed by atoms with van der Waals surface area (Å²) in [5.41, 5.74) is 0.927. The molecular formula is C16H19BrClN3O2. The molecule has 0 spiro atoms. The van der Waals surface area contributed by atoms with Gasteiger partial charge in [-0.05, 0) is 42.6 Å². The van der Waals surface area contributed by atoms with Crippen molar-refractivity contribution in [1.29, 1.82) is 0 Å². The number of rotatable bonds is 8. The largest absolute Gasteiger partial charge is 0.493 e. The third-order valence-corrected chi connectivity index (χ3v) is 4.02. The molecule has 23 heavy (non-hydrogen) atoms. The number of nitrogens with zero attached hydrogens (tertiary/aromatic N) is 3. The topological polar surface area (TPSA) is 47.5 Å². The van der Waals surface area contributed by atoms with Crippen LogP contribution in [0, 0.1) is 0 Å². The van der Waals surface area contributed by atoms with Gasteiger partial charge in [-0.25, -0.2) is 9.97 Å². The van der Waals surface area contributed by atoms with Gasteiger partial charge in [0, 0.05) is 30.3 Å². The van der Waals surface area contributed by atoms with Crippen LogP contribution in [0.25, 0.3) is 0 Å². The summed E-state index contributed by atoms with van der Waals surface area (Å²) in [6.07, 6.45) is 3.68. The van der Waals surface area contributed by atoms with E-state index in [2.05, 4.69) is 25.9 Å². The Balaban J connectivity index is 2.18. The SMILES string of the molecule is COc1ccc(N(C)c2ccnc(Cl)n2)cc1OCCCCBr. The van der Waals surface area contributed by atoms with Crippen LogP contribution in [0.1, 0.15) is 12.8 Å². The highest BCUT2D eigenvalue weighted by atomic mass is 79.9. The molecule has 0 aliphatic heterocycles. The van der Waals surface area contributed by atoms with Crippen molar-refractivity contribution in [3.05, 3.63) is 35.7 Å². The van der Waals surface area contributed by atoms with Crippen molar-refractivity contribution >= 4 is 39.0 Å².